The van der Waals surface area contributed by atoms with Crippen LogP contribution in [0, 0.1) is 0 Å². The molecular formula is C16H24BO6S-. The average molecular weight is 355 g/mol. The molecule has 0 amide bonds. The summed E-state index contributed by atoms with van der Waals surface area (Å²) in [6.07, 6.45) is 0.442. The van der Waals surface area contributed by atoms with Gasteiger partial charge in [0, 0.05) is 17.3 Å². The van der Waals surface area contributed by atoms with Gasteiger partial charge in [-0.05, 0) is 40.2 Å². The van der Waals surface area contributed by atoms with Crippen LogP contribution in [0.25, 0.3) is 0 Å². The van der Waals surface area contributed by atoms with Gasteiger partial charge in [0.25, 0.3) is 0 Å². The molecule has 0 aromatic heterocycles. The third-order valence-corrected chi connectivity index (χ3v) is 5.06. The van der Waals surface area contributed by atoms with E-state index in [1.165, 1.54) is 0 Å². The van der Waals surface area contributed by atoms with Crippen LogP contribution in [-0.2, 0) is 20.4 Å². The van der Waals surface area contributed by atoms with E-state index in [9.17, 15) is 8.76 Å². The number of methoxy groups -OCH3 is 1. The van der Waals surface area contributed by atoms with Crippen molar-refractivity contribution >= 4 is 23.7 Å². The monoisotopic (exact) mass is 355 g/mol. The normalized spacial score (nSPS) is 20.0. The van der Waals surface area contributed by atoms with Crippen LogP contribution in [0.2, 0.25) is 0 Å². The van der Waals surface area contributed by atoms with Crippen LogP contribution >= 0.6 is 0 Å². The Morgan fingerprint density at radius 1 is 1.21 bits per heavy atom. The summed E-state index contributed by atoms with van der Waals surface area (Å²) in [5.41, 5.74) is -0.0540. The van der Waals surface area contributed by atoms with Crippen LogP contribution < -0.4 is 14.9 Å². The molecule has 0 saturated carbocycles. The Hall–Kier alpha value is -1.09. The van der Waals surface area contributed by atoms with Gasteiger partial charge < -0.3 is 23.3 Å². The second kappa shape index (κ2) is 7.43. The molecule has 1 unspecified atom stereocenters. The molecule has 134 valence electrons. The minimum absolute atomic E-state index is 0.0864. The van der Waals surface area contributed by atoms with Crippen LogP contribution in [0.15, 0.2) is 18.2 Å². The zero-order chi connectivity index (χ0) is 18.0. The van der Waals surface area contributed by atoms with E-state index in [2.05, 4.69) is 0 Å². The molecule has 1 aliphatic rings. The van der Waals surface area contributed by atoms with Gasteiger partial charge in [-0.25, -0.2) is 0 Å². The smallest absolute Gasteiger partial charge is 0.498 e. The van der Waals surface area contributed by atoms with E-state index in [0.717, 1.165) is 5.46 Å². The molecule has 1 aromatic carbocycles. The third kappa shape index (κ3) is 4.30. The van der Waals surface area contributed by atoms with E-state index in [1.807, 2.05) is 33.8 Å². The number of hydrogen-bond acceptors (Lipinski definition) is 6. The maximum atomic E-state index is 10.5. The molecule has 24 heavy (non-hydrogen) atoms. The molecule has 0 aliphatic carbocycles. The lowest BCUT2D eigenvalue weighted by atomic mass is 9.78. The lowest BCUT2D eigenvalue weighted by Crippen LogP contribution is -2.41. The average Bonchev–Trinajstić information content (AvgIpc) is 2.71. The van der Waals surface area contributed by atoms with Gasteiger partial charge in [-0.1, -0.05) is 17.1 Å². The Labute approximate surface area is 146 Å². The Morgan fingerprint density at radius 2 is 1.83 bits per heavy atom. The van der Waals surface area contributed by atoms with Crippen LogP contribution in [0.4, 0.5) is 0 Å². The van der Waals surface area contributed by atoms with Crippen molar-refractivity contribution in [3.05, 3.63) is 18.2 Å². The highest BCUT2D eigenvalue weighted by Gasteiger charge is 2.52. The first-order chi connectivity index (χ1) is 11.2. The summed E-state index contributed by atoms with van der Waals surface area (Å²) in [7, 11) is 1.07. The van der Waals surface area contributed by atoms with E-state index in [1.54, 1.807) is 19.2 Å². The van der Waals surface area contributed by atoms with Gasteiger partial charge in [0.1, 0.15) is 11.5 Å². The van der Waals surface area contributed by atoms with Crippen LogP contribution in [0.1, 0.15) is 34.1 Å². The molecule has 0 N–H and O–H groups in total. The largest absolute Gasteiger partial charge is 0.772 e. The summed E-state index contributed by atoms with van der Waals surface area (Å²) in [4.78, 5) is 0. The second-order valence-corrected chi connectivity index (χ2v) is 7.72. The molecule has 0 bridgehead atoms. The fourth-order valence-corrected chi connectivity index (χ4v) is 2.67. The van der Waals surface area contributed by atoms with Crippen molar-refractivity contribution < 1.29 is 27.5 Å². The van der Waals surface area contributed by atoms with Gasteiger partial charge in [0.15, 0.2) is 0 Å². The fraction of sp³-hybridized carbons (Fsp3) is 0.625. The summed E-state index contributed by atoms with van der Waals surface area (Å²) in [5.74, 6) is 1.31. The molecule has 1 atom stereocenters. The summed E-state index contributed by atoms with van der Waals surface area (Å²) in [6, 6.07) is 5.41. The highest BCUT2D eigenvalue weighted by atomic mass is 32.2. The standard InChI is InChI=1S/C16H25BO6S/c1-15(2)16(3,4)23-17(22-15)13-8-7-12(11-14(13)20-5)21-9-6-10-24(18)19/h7-8,11H,6,9-10H2,1-5H3,(H,18,19)/p-1. The molecular weight excluding hydrogens is 331 g/mol. The van der Waals surface area contributed by atoms with Gasteiger partial charge >= 0.3 is 7.12 Å². The predicted octanol–water partition coefficient (Wildman–Crippen LogP) is 1.64. The van der Waals surface area contributed by atoms with E-state index < -0.39 is 29.4 Å². The van der Waals surface area contributed by atoms with Crippen LogP contribution in [-0.4, -0.2) is 46.6 Å². The van der Waals surface area contributed by atoms with Crippen molar-refractivity contribution in [2.24, 2.45) is 0 Å². The zero-order valence-corrected chi connectivity index (χ0v) is 15.6. The Bertz CT molecular complexity index is 588. The first kappa shape index (κ1) is 19.2. The first-order valence-corrected chi connectivity index (χ1v) is 9.13. The Kier molecular flexibility index (Phi) is 5.96. The van der Waals surface area contributed by atoms with Crippen molar-refractivity contribution in [2.45, 2.75) is 45.3 Å². The van der Waals surface area contributed by atoms with Gasteiger partial charge in [0.2, 0.25) is 0 Å². The molecule has 8 heteroatoms. The van der Waals surface area contributed by atoms with Crippen molar-refractivity contribution in [1.29, 1.82) is 0 Å². The highest BCUT2D eigenvalue weighted by molar-refractivity contribution is 7.79. The van der Waals surface area contributed by atoms with Crippen LogP contribution in [0.5, 0.6) is 11.5 Å². The van der Waals surface area contributed by atoms with Crippen molar-refractivity contribution in [3.8, 4) is 11.5 Å². The molecule has 0 spiro atoms. The number of hydrogen-bond donors (Lipinski definition) is 0. The molecule has 1 saturated heterocycles. The maximum Gasteiger partial charge on any atom is 0.498 e. The molecule has 0 radical (unpaired) electrons. The van der Waals surface area contributed by atoms with E-state index in [0.29, 0.717) is 24.5 Å². The lowest BCUT2D eigenvalue weighted by Gasteiger charge is -2.32. The van der Waals surface area contributed by atoms with Crippen LogP contribution in [0.3, 0.4) is 0 Å². The predicted molar refractivity (Wildman–Crippen MR) is 92.6 cm³/mol. The van der Waals surface area contributed by atoms with Gasteiger partial charge in [-0.3, -0.25) is 4.21 Å². The molecule has 1 heterocycles. The summed E-state index contributed by atoms with van der Waals surface area (Å²) in [6.45, 7) is 8.31. The number of ether oxygens (including phenoxy) is 2. The summed E-state index contributed by atoms with van der Waals surface area (Å²) in [5, 5.41) is 0. The second-order valence-electron chi connectivity index (χ2n) is 6.70. The Morgan fingerprint density at radius 3 is 2.38 bits per heavy atom. The zero-order valence-electron chi connectivity index (χ0n) is 14.8. The maximum absolute atomic E-state index is 10.5. The minimum Gasteiger partial charge on any atom is -0.772 e. The number of benzene rings is 1. The van der Waals surface area contributed by atoms with E-state index >= 15 is 0 Å². The van der Waals surface area contributed by atoms with Crippen molar-refractivity contribution in [2.75, 3.05) is 19.5 Å². The quantitative estimate of drug-likeness (QED) is 0.420. The van der Waals surface area contributed by atoms with Gasteiger partial charge in [-0.15, -0.1) is 0 Å². The number of rotatable bonds is 7. The SMILES string of the molecule is COc1cc(OCCCS(=O)[O-])ccc1B1OC(C)(C)C(C)(C)O1. The topological polar surface area (TPSA) is 77.1 Å². The molecule has 1 aromatic rings. The fourth-order valence-electron chi connectivity index (χ4n) is 2.31. The summed E-state index contributed by atoms with van der Waals surface area (Å²) >= 11 is -2.04. The molecule has 1 aliphatic heterocycles. The van der Waals surface area contributed by atoms with Crippen molar-refractivity contribution in [3.63, 3.8) is 0 Å². The van der Waals surface area contributed by atoms with E-state index in [4.69, 9.17) is 18.8 Å². The summed E-state index contributed by atoms with van der Waals surface area (Å²) < 4.78 is 44.1. The minimum atomic E-state index is -2.04. The first-order valence-electron chi connectivity index (χ1n) is 7.88. The lowest BCUT2D eigenvalue weighted by molar-refractivity contribution is 0.00578. The molecule has 1 fully saturated rings. The van der Waals surface area contributed by atoms with Gasteiger partial charge in [-0.2, -0.15) is 0 Å². The molecule has 6 nitrogen and oxygen atoms in total. The third-order valence-electron chi connectivity index (χ3n) is 4.44. The molecule has 2 rings (SSSR count). The highest BCUT2D eigenvalue weighted by Crippen LogP contribution is 2.37. The van der Waals surface area contributed by atoms with E-state index in [-0.39, 0.29) is 5.75 Å². The Balaban J connectivity index is 2.08. The van der Waals surface area contributed by atoms with Crippen molar-refractivity contribution in [1.82, 2.24) is 0 Å². The van der Waals surface area contributed by atoms with Gasteiger partial charge in [0.05, 0.1) is 24.9 Å².